The zero-order valence-corrected chi connectivity index (χ0v) is 9.63. The topological polar surface area (TPSA) is 29.1 Å². The molecule has 1 aromatic carbocycles. The second kappa shape index (κ2) is 5.66. The summed E-state index contributed by atoms with van der Waals surface area (Å²) in [5.74, 6) is -0.561. The molecular formula is C11H11BrFNO. The molecule has 0 aromatic heterocycles. The summed E-state index contributed by atoms with van der Waals surface area (Å²) in [5, 5.41) is 2.62. The molecule has 2 nitrogen and oxygen atoms in total. The van der Waals surface area contributed by atoms with Crippen LogP contribution in [0.2, 0.25) is 0 Å². The van der Waals surface area contributed by atoms with E-state index in [1.54, 1.807) is 18.2 Å². The van der Waals surface area contributed by atoms with Gasteiger partial charge in [-0.25, -0.2) is 4.39 Å². The Balaban J connectivity index is 2.71. The Morgan fingerprint density at radius 3 is 3.00 bits per heavy atom. The zero-order valence-electron chi connectivity index (χ0n) is 8.04. The summed E-state index contributed by atoms with van der Waals surface area (Å²) in [6.07, 6.45) is 1.59. The highest BCUT2D eigenvalue weighted by Crippen LogP contribution is 2.23. The highest BCUT2D eigenvalue weighted by Gasteiger charge is 2.16. The second-order valence-electron chi connectivity index (χ2n) is 2.95. The van der Waals surface area contributed by atoms with Crippen LogP contribution in [0.4, 0.5) is 4.39 Å². The van der Waals surface area contributed by atoms with Crippen molar-refractivity contribution in [1.82, 2.24) is 5.32 Å². The van der Waals surface area contributed by atoms with Gasteiger partial charge in [-0.3, -0.25) is 4.79 Å². The molecule has 0 aliphatic carbocycles. The van der Waals surface area contributed by atoms with E-state index in [9.17, 15) is 9.18 Å². The Kier molecular flexibility index (Phi) is 4.49. The number of amides is 1. The number of alkyl halides is 1. The van der Waals surface area contributed by atoms with E-state index in [-0.39, 0.29) is 11.7 Å². The van der Waals surface area contributed by atoms with Crippen LogP contribution >= 0.6 is 15.9 Å². The van der Waals surface area contributed by atoms with Gasteiger partial charge in [0.2, 0.25) is 5.91 Å². The van der Waals surface area contributed by atoms with Crippen LogP contribution in [0.3, 0.4) is 0 Å². The third-order valence-corrected chi connectivity index (χ3v) is 2.74. The molecule has 1 atom stereocenters. The lowest BCUT2D eigenvalue weighted by molar-refractivity contribution is -0.120. The van der Waals surface area contributed by atoms with Crippen molar-refractivity contribution in [3.63, 3.8) is 0 Å². The lowest BCUT2D eigenvalue weighted by Crippen LogP contribution is -2.26. The highest BCUT2D eigenvalue weighted by molar-refractivity contribution is 9.09. The van der Waals surface area contributed by atoms with Gasteiger partial charge in [-0.2, -0.15) is 0 Å². The molecule has 0 aliphatic rings. The molecule has 0 saturated heterocycles. The Morgan fingerprint density at radius 1 is 1.67 bits per heavy atom. The molecule has 80 valence electrons. The van der Waals surface area contributed by atoms with Gasteiger partial charge in [0.15, 0.2) is 0 Å². The SMILES string of the molecule is C=CCNC(=O)C(Br)c1cccc(F)c1. The van der Waals surface area contributed by atoms with Crippen LogP contribution in [0.15, 0.2) is 36.9 Å². The van der Waals surface area contributed by atoms with E-state index in [0.717, 1.165) is 0 Å². The van der Waals surface area contributed by atoms with Gasteiger partial charge in [-0.15, -0.1) is 6.58 Å². The number of hydrogen-bond donors (Lipinski definition) is 1. The van der Waals surface area contributed by atoms with Crippen molar-refractivity contribution in [2.24, 2.45) is 0 Å². The molecule has 0 fully saturated rings. The first-order valence-electron chi connectivity index (χ1n) is 4.43. The normalized spacial score (nSPS) is 11.9. The van der Waals surface area contributed by atoms with Crippen LogP contribution in [0.25, 0.3) is 0 Å². The number of rotatable bonds is 4. The third-order valence-electron chi connectivity index (χ3n) is 1.79. The Morgan fingerprint density at radius 2 is 2.40 bits per heavy atom. The monoisotopic (exact) mass is 271 g/mol. The van der Waals surface area contributed by atoms with E-state index < -0.39 is 4.83 Å². The van der Waals surface area contributed by atoms with Crippen LogP contribution in [0.5, 0.6) is 0 Å². The van der Waals surface area contributed by atoms with E-state index in [1.165, 1.54) is 12.1 Å². The van der Waals surface area contributed by atoms with Crippen LogP contribution in [-0.4, -0.2) is 12.5 Å². The maximum absolute atomic E-state index is 12.9. The number of carbonyl (C=O) groups is 1. The first-order chi connectivity index (χ1) is 7.15. The van der Waals surface area contributed by atoms with Crippen LogP contribution in [0.1, 0.15) is 10.4 Å². The van der Waals surface area contributed by atoms with Crippen LogP contribution < -0.4 is 5.32 Å². The second-order valence-corrected chi connectivity index (χ2v) is 3.87. The standard InChI is InChI=1S/C11H11BrFNO/c1-2-6-14-11(15)10(12)8-4-3-5-9(13)7-8/h2-5,7,10H,1,6H2,(H,14,15). The molecule has 1 aromatic rings. The maximum atomic E-state index is 12.9. The molecule has 0 heterocycles. The number of nitrogens with one attached hydrogen (secondary N) is 1. The summed E-state index contributed by atoms with van der Waals surface area (Å²) in [6, 6.07) is 5.92. The molecule has 0 radical (unpaired) electrons. The summed E-state index contributed by atoms with van der Waals surface area (Å²) in [6.45, 7) is 3.89. The Hall–Kier alpha value is -1.16. The van der Waals surface area contributed by atoms with E-state index in [2.05, 4.69) is 27.8 Å². The number of benzene rings is 1. The van der Waals surface area contributed by atoms with Gasteiger partial charge in [0, 0.05) is 6.54 Å². The van der Waals surface area contributed by atoms with E-state index >= 15 is 0 Å². The van der Waals surface area contributed by atoms with Crippen molar-refractivity contribution in [1.29, 1.82) is 0 Å². The third kappa shape index (κ3) is 3.47. The lowest BCUT2D eigenvalue weighted by atomic mass is 10.1. The smallest absolute Gasteiger partial charge is 0.238 e. The van der Waals surface area contributed by atoms with E-state index in [1.807, 2.05) is 0 Å². The molecule has 4 heteroatoms. The van der Waals surface area contributed by atoms with Crippen LogP contribution in [-0.2, 0) is 4.79 Å². The molecule has 0 bridgehead atoms. The predicted octanol–water partition coefficient (Wildman–Crippen LogP) is 2.56. The molecular weight excluding hydrogens is 261 g/mol. The molecule has 1 rings (SSSR count). The first-order valence-corrected chi connectivity index (χ1v) is 5.35. The molecule has 1 unspecified atom stereocenters. The quantitative estimate of drug-likeness (QED) is 0.662. The molecule has 1 N–H and O–H groups in total. The minimum absolute atomic E-state index is 0.208. The Bertz CT molecular complexity index is 367. The van der Waals surface area contributed by atoms with Gasteiger partial charge in [-0.1, -0.05) is 34.1 Å². The molecule has 0 spiro atoms. The van der Waals surface area contributed by atoms with Gasteiger partial charge >= 0.3 is 0 Å². The minimum atomic E-state index is -0.534. The van der Waals surface area contributed by atoms with Gasteiger partial charge in [0.05, 0.1) is 0 Å². The average Bonchev–Trinajstić information content (AvgIpc) is 2.24. The van der Waals surface area contributed by atoms with Gasteiger partial charge < -0.3 is 5.32 Å². The van der Waals surface area contributed by atoms with Crippen molar-refractivity contribution in [2.45, 2.75) is 4.83 Å². The predicted molar refractivity (Wildman–Crippen MR) is 61.3 cm³/mol. The number of halogens is 2. The molecule has 0 aliphatic heterocycles. The van der Waals surface area contributed by atoms with Gasteiger partial charge in [-0.05, 0) is 17.7 Å². The maximum Gasteiger partial charge on any atom is 0.238 e. The highest BCUT2D eigenvalue weighted by atomic mass is 79.9. The van der Waals surface area contributed by atoms with Crippen molar-refractivity contribution in [3.8, 4) is 0 Å². The minimum Gasteiger partial charge on any atom is -0.351 e. The summed E-state index contributed by atoms with van der Waals surface area (Å²) in [7, 11) is 0. The summed E-state index contributed by atoms with van der Waals surface area (Å²) < 4.78 is 12.9. The zero-order chi connectivity index (χ0) is 11.3. The first kappa shape index (κ1) is 11.9. The lowest BCUT2D eigenvalue weighted by Gasteiger charge is -2.09. The molecule has 1 amide bonds. The summed E-state index contributed by atoms with van der Waals surface area (Å²) in [5.41, 5.74) is 0.594. The van der Waals surface area contributed by atoms with E-state index in [0.29, 0.717) is 12.1 Å². The number of hydrogen-bond acceptors (Lipinski definition) is 1. The molecule has 0 saturated carbocycles. The largest absolute Gasteiger partial charge is 0.351 e. The fourth-order valence-corrected chi connectivity index (χ4v) is 1.52. The van der Waals surface area contributed by atoms with E-state index in [4.69, 9.17) is 0 Å². The van der Waals surface area contributed by atoms with Gasteiger partial charge in [0.1, 0.15) is 10.6 Å². The Labute approximate surface area is 96.3 Å². The summed E-state index contributed by atoms with van der Waals surface area (Å²) >= 11 is 3.20. The fourth-order valence-electron chi connectivity index (χ4n) is 1.08. The van der Waals surface area contributed by atoms with Crippen LogP contribution in [0, 0.1) is 5.82 Å². The van der Waals surface area contributed by atoms with Crippen molar-refractivity contribution in [3.05, 3.63) is 48.3 Å². The van der Waals surface area contributed by atoms with Crippen molar-refractivity contribution in [2.75, 3.05) is 6.54 Å². The van der Waals surface area contributed by atoms with Gasteiger partial charge in [0.25, 0.3) is 0 Å². The van der Waals surface area contributed by atoms with Crippen molar-refractivity contribution >= 4 is 21.8 Å². The average molecular weight is 272 g/mol. The summed E-state index contributed by atoms with van der Waals surface area (Å²) in [4.78, 5) is 11.0. The van der Waals surface area contributed by atoms with Crippen molar-refractivity contribution < 1.29 is 9.18 Å². The molecule has 15 heavy (non-hydrogen) atoms. The number of carbonyl (C=O) groups excluding carboxylic acids is 1. The fraction of sp³-hybridized carbons (Fsp3) is 0.182.